The van der Waals surface area contributed by atoms with Gasteiger partial charge in [-0.1, -0.05) is 26.3 Å². The number of halogens is 1. The largest absolute Gasteiger partial charge is 0.336 e. The summed E-state index contributed by atoms with van der Waals surface area (Å²) >= 11 is 0. The smallest absolute Gasteiger partial charge is 0.257 e. The van der Waals surface area contributed by atoms with Crippen LogP contribution < -0.4 is 0 Å². The Hall–Kier alpha value is -2.21. The molecule has 5 nitrogen and oxygen atoms in total. The number of carbonyl (C=O) groups is 1. The van der Waals surface area contributed by atoms with Crippen molar-refractivity contribution in [1.29, 1.82) is 0 Å². The molecule has 0 spiro atoms. The van der Waals surface area contributed by atoms with Crippen molar-refractivity contribution in [3.05, 3.63) is 47.0 Å². The van der Waals surface area contributed by atoms with Gasteiger partial charge in [0, 0.05) is 26.2 Å². The lowest BCUT2D eigenvalue weighted by molar-refractivity contribution is 0.0662. The van der Waals surface area contributed by atoms with Crippen LogP contribution in [0.4, 0.5) is 4.39 Å². The number of benzene rings is 1. The van der Waals surface area contributed by atoms with Gasteiger partial charge in [0.1, 0.15) is 5.82 Å². The Morgan fingerprint density at radius 1 is 1.19 bits per heavy atom. The number of aromatic nitrogens is 2. The summed E-state index contributed by atoms with van der Waals surface area (Å²) in [5.41, 5.74) is 3.06. The second-order valence-electron chi connectivity index (χ2n) is 6.86. The van der Waals surface area contributed by atoms with Crippen molar-refractivity contribution in [3.8, 4) is 5.69 Å². The Labute approximate surface area is 154 Å². The van der Waals surface area contributed by atoms with Crippen molar-refractivity contribution in [2.45, 2.75) is 33.1 Å². The lowest BCUT2D eigenvalue weighted by atomic mass is 10.1. The Morgan fingerprint density at radius 3 is 2.54 bits per heavy atom. The highest BCUT2D eigenvalue weighted by Gasteiger charge is 2.28. The summed E-state index contributed by atoms with van der Waals surface area (Å²) in [6, 6.07) is 6.39. The molecule has 0 aliphatic carbocycles. The van der Waals surface area contributed by atoms with Crippen LogP contribution in [0.5, 0.6) is 0 Å². The molecule has 0 N–H and O–H groups in total. The number of hydrogen-bond acceptors (Lipinski definition) is 3. The molecule has 1 saturated heterocycles. The average molecular weight is 358 g/mol. The number of rotatable bonds is 5. The van der Waals surface area contributed by atoms with Crippen LogP contribution in [0.2, 0.25) is 0 Å². The van der Waals surface area contributed by atoms with Gasteiger partial charge >= 0.3 is 0 Å². The molecular weight excluding hydrogens is 331 g/mol. The third-order valence-electron chi connectivity index (χ3n) is 4.93. The number of nitrogens with zero attached hydrogens (tertiary/aromatic N) is 4. The van der Waals surface area contributed by atoms with Gasteiger partial charge in [-0.3, -0.25) is 4.79 Å². The number of carbonyl (C=O) groups excluding carboxylic acids is 1. The summed E-state index contributed by atoms with van der Waals surface area (Å²) in [5.74, 6) is -0.245. The van der Waals surface area contributed by atoms with E-state index in [9.17, 15) is 9.18 Å². The molecule has 140 valence electrons. The predicted molar refractivity (Wildman–Crippen MR) is 100 cm³/mol. The zero-order valence-electron chi connectivity index (χ0n) is 15.8. The van der Waals surface area contributed by atoms with E-state index in [0.29, 0.717) is 17.7 Å². The molecule has 0 saturated carbocycles. The molecule has 1 fully saturated rings. The van der Waals surface area contributed by atoms with Crippen LogP contribution >= 0.6 is 0 Å². The highest BCUT2D eigenvalue weighted by atomic mass is 19.1. The molecule has 0 atom stereocenters. The molecule has 2 heterocycles. The molecule has 1 aromatic carbocycles. The first-order valence-electron chi connectivity index (χ1n) is 9.39. The Bertz CT molecular complexity index is 778. The first-order valence-corrected chi connectivity index (χ1v) is 9.39. The van der Waals surface area contributed by atoms with Gasteiger partial charge in [-0.05, 0) is 38.1 Å². The van der Waals surface area contributed by atoms with Crippen molar-refractivity contribution in [2.75, 3.05) is 33.2 Å². The molecular formula is C20H27FN4O. The molecule has 3 rings (SSSR count). The van der Waals surface area contributed by atoms with Crippen molar-refractivity contribution >= 4 is 5.91 Å². The minimum Gasteiger partial charge on any atom is -0.336 e. The van der Waals surface area contributed by atoms with Gasteiger partial charge < -0.3 is 9.80 Å². The topological polar surface area (TPSA) is 41.4 Å². The zero-order valence-corrected chi connectivity index (χ0v) is 15.8. The fourth-order valence-electron chi connectivity index (χ4n) is 3.48. The summed E-state index contributed by atoms with van der Waals surface area (Å²) in [6.07, 6.45) is 2.32. The molecule has 1 aliphatic rings. The lowest BCUT2D eigenvalue weighted by Crippen LogP contribution is -2.47. The van der Waals surface area contributed by atoms with Crippen molar-refractivity contribution in [3.63, 3.8) is 0 Å². The maximum Gasteiger partial charge on any atom is 0.257 e. The van der Waals surface area contributed by atoms with Crippen molar-refractivity contribution in [2.24, 2.45) is 0 Å². The molecule has 0 radical (unpaired) electrons. The van der Waals surface area contributed by atoms with Gasteiger partial charge in [-0.2, -0.15) is 5.10 Å². The Morgan fingerprint density at radius 2 is 1.92 bits per heavy atom. The summed E-state index contributed by atoms with van der Waals surface area (Å²) in [6.45, 7) is 7.33. The number of likely N-dealkylation sites (N-methyl/N-ethyl adjacent to an activating group) is 1. The molecule has 2 aromatic rings. The second-order valence-corrected chi connectivity index (χ2v) is 6.86. The van der Waals surface area contributed by atoms with E-state index in [1.54, 1.807) is 10.7 Å². The van der Waals surface area contributed by atoms with E-state index in [1.165, 1.54) is 12.1 Å². The van der Waals surface area contributed by atoms with Crippen LogP contribution in [0.25, 0.3) is 5.69 Å². The average Bonchev–Trinajstić information content (AvgIpc) is 3.00. The van der Waals surface area contributed by atoms with Crippen molar-refractivity contribution < 1.29 is 9.18 Å². The van der Waals surface area contributed by atoms with Gasteiger partial charge in [0.2, 0.25) is 0 Å². The number of aryl methyl sites for hydroxylation is 1. The molecule has 1 aromatic heterocycles. The van der Waals surface area contributed by atoms with Gasteiger partial charge in [-0.15, -0.1) is 0 Å². The van der Waals surface area contributed by atoms with Gasteiger partial charge in [0.15, 0.2) is 0 Å². The van der Waals surface area contributed by atoms with Crippen LogP contribution in [-0.4, -0.2) is 58.7 Å². The fraction of sp³-hybridized carbons (Fsp3) is 0.500. The minimum absolute atomic E-state index is 0.0565. The van der Waals surface area contributed by atoms with E-state index in [0.717, 1.165) is 50.4 Å². The maximum absolute atomic E-state index is 13.7. The van der Waals surface area contributed by atoms with Crippen LogP contribution in [0.1, 0.15) is 42.0 Å². The lowest BCUT2D eigenvalue weighted by Gasteiger charge is -2.32. The molecule has 0 unspecified atom stereocenters. The van der Waals surface area contributed by atoms with E-state index in [-0.39, 0.29) is 11.7 Å². The van der Waals surface area contributed by atoms with Crippen LogP contribution in [0, 0.1) is 5.82 Å². The fourth-order valence-corrected chi connectivity index (χ4v) is 3.48. The van der Waals surface area contributed by atoms with Crippen LogP contribution in [0.15, 0.2) is 24.3 Å². The maximum atomic E-state index is 13.7. The highest BCUT2D eigenvalue weighted by Crippen LogP contribution is 2.23. The van der Waals surface area contributed by atoms with E-state index in [4.69, 9.17) is 5.10 Å². The summed E-state index contributed by atoms with van der Waals surface area (Å²) in [7, 11) is 2.07. The van der Waals surface area contributed by atoms with Gasteiger partial charge in [0.25, 0.3) is 5.91 Å². The van der Waals surface area contributed by atoms with E-state index < -0.39 is 0 Å². The normalized spacial score (nSPS) is 15.5. The van der Waals surface area contributed by atoms with Gasteiger partial charge in [0.05, 0.1) is 22.6 Å². The van der Waals surface area contributed by atoms with Crippen LogP contribution in [0.3, 0.4) is 0 Å². The van der Waals surface area contributed by atoms with Crippen molar-refractivity contribution in [1.82, 2.24) is 19.6 Å². The molecule has 1 aliphatic heterocycles. The summed E-state index contributed by atoms with van der Waals surface area (Å²) < 4.78 is 15.5. The number of hydrogen-bond donors (Lipinski definition) is 0. The first-order chi connectivity index (χ1) is 12.5. The van der Waals surface area contributed by atoms with E-state index >= 15 is 0 Å². The third kappa shape index (κ3) is 3.65. The van der Waals surface area contributed by atoms with Crippen LogP contribution in [-0.2, 0) is 12.8 Å². The van der Waals surface area contributed by atoms with E-state index in [2.05, 4.69) is 18.9 Å². The highest BCUT2D eigenvalue weighted by molar-refractivity contribution is 5.96. The standard InChI is InChI=1S/C20H27FN4O/c1-4-7-17-19(20(26)24-12-10-23(3)11-13-24)18(5-2)25(22-17)16-9-6-8-15(21)14-16/h6,8-9,14H,4-5,7,10-13H2,1-3H3. The minimum atomic E-state index is -0.302. The first kappa shape index (κ1) is 18.6. The van der Waals surface area contributed by atoms with Gasteiger partial charge in [-0.25, -0.2) is 9.07 Å². The number of piperazine rings is 1. The Balaban J connectivity index is 2.04. The molecule has 26 heavy (non-hydrogen) atoms. The monoisotopic (exact) mass is 358 g/mol. The zero-order chi connectivity index (χ0) is 18.7. The summed E-state index contributed by atoms with van der Waals surface area (Å²) in [4.78, 5) is 17.4. The molecule has 0 bridgehead atoms. The molecule has 6 heteroatoms. The number of amides is 1. The van der Waals surface area contributed by atoms with E-state index in [1.807, 2.05) is 17.9 Å². The molecule has 1 amide bonds. The second kappa shape index (κ2) is 7.99. The Kier molecular flexibility index (Phi) is 5.71. The predicted octanol–water partition coefficient (Wildman–Crippen LogP) is 2.91. The SMILES string of the molecule is CCCc1nn(-c2cccc(F)c2)c(CC)c1C(=O)N1CCN(C)CC1. The third-order valence-corrected chi connectivity index (χ3v) is 4.93. The quantitative estimate of drug-likeness (QED) is 0.825. The summed E-state index contributed by atoms with van der Waals surface area (Å²) in [5, 5.41) is 4.71.